The van der Waals surface area contributed by atoms with Gasteiger partial charge >= 0.3 is 0 Å². The minimum atomic E-state index is 0.225. The molecule has 1 aromatic rings. The Hall–Kier alpha value is -1.22. The molecule has 1 saturated heterocycles. The van der Waals surface area contributed by atoms with Crippen molar-refractivity contribution in [2.45, 2.75) is 51.8 Å². The number of hydrogen-bond donors (Lipinski definition) is 1. The van der Waals surface area contributed by atoms with Gasteiger partial charge < -0.3 is 15.4 Å². The Balaban J connectivity index is 2.05. The number of nitrogens with two attached hydrogens (primary N) is 1. The molecule has 0 amide bonds. The molecule has 1 aliphatic rings. The molecule has 3 nitrogen and oxygen atoms in total. The van der Waals surface area contributed by atoms with Crippen molar-refractivity contribution < 1.29 is 4.74 Å². The Labute approximate surface area is 110 Å². The summed E-state index contributed by atoms with van der Waals surface area (Å²) in [7, 11) is 0. The molecule has 0 radical (unpaired) electrons. The van der Waals surface area contributed by atoms with Crippen molar-refractivity contribution in [3.63, 3.8) is 0 Å². The Bertz CT molecular complexity index is 375. The highest BCUT2D eigenvalue weighted by atomic mass is 16.5. The van der Waals surface area contributed by atoms with Gasteiger partial charge in [0, 0.05) is 24.3 Å². The molecule has 3 heteroatoms. The summed E-state index contributed by atoms with van der Waals surface area (Å²) in [6, 6.07) is 9.27. The first-order valence-corrected chi connectivity index (χ1v) is 6.85. The van der Waals surface area contributed by atoms with Gasteiger partial charge in [0.1, 0.15) is 5.75 Å². The predicted molar refractivity (Wildman–Crippen MR) is 76.2 cm³/mol. The predicted octanol–water partition coefficient (Wildman–Crippen LogP) is 2.79. The standard InChI is InChI=1S/C15H24N2O/c1-11(2)18-15-6-4-14(5-7-15)17-9-8-13(16)10-12(17)3/h4-7,11-13H,8-10,16H2,1-3H3. The average molecular weight is 248 g/mol. The molecule has 0 saturated carbocycles. The van der Waals surface area contributed by atoms with Crippen LogP contribution in [0, 0.1) is 0 Å². The van der Waals surface area contributed by atoms with Gasteiger partial charge in [0.05, 0.1) is 6.10 Å². The molecule has 0 spiro atoms. The number of rotatable bonds is 3. The van der Waals surface area contributed by atoms with E-state index >= 15 is 0 Å². The third kappa shape index (κ3) is 3.16. The molecule has 0 aromatic heterocycles. The molecule has 1 aliphatic heterocycles. The summed E-state index contributed by atoms with van der Waals surface area (Å²) in [5.41, 5.74) is 7.27. The highest BCUT2D eigenvalue weighted by Crippen LogP contribution is 2.26. The first-order valence-electron chi connectivity index (χ1n) is 6.85. The molecule has 1 fully saturated rings. The SMILES string of the molecule is CC(C)Oc1ccc(N2CCC(N)CC2C)cc1. The van der Waals surface area contributed by atoms with Gasteiger partial charge in [-0.2, -0.15) is 0 Å². The number of benzene rings is 1. The summed E-state index contributed by atoms with van der Waals surface area (Å²) in [5, 5.41) is 0. The lowest BCUT2D eigenvalue weighted by molar-refractivity contribution is 0.242. The van der Waals surface area contributed by atoms with Gasteiger partial charge in [0.2, 0.25) is 0 Å². The van der Waals surface area contributed by atoms with Gasteiger partial charge in [-0.15, -0.1) is 0 Å². The smallest absolute Gasteiger partial charge is 0.119 e. The molecular formula is C15H24N2O. The van der Waals surface area contributed by atoms with E-state index in [1.54, 1.807) is 0 Å². The summed E-state index contributed by atoms with van der Waals surface area (Å²) in [6.45, 7) is 7.38. The minimum absolute atomic E-state index is 0.225. The van der Waals surface area contributed by atoms with Crippen molar-refractivity contribution in [1.29, 1.82) is 0 Å². The topological polar surface area (TPSA) is 38.5 Å². The van der Waals surface area contributed by atoms with Crippen LogP contribution >= 0.6 is 0 Å². The van der Waals surface area contributed by atoms with E-state index in [4.69, 9.17) is 10.5 Å². The molecule has 2 rings (SSSR count). The minimum Gasteiger partial charge on any atom is -0.491 e. The van der Waals surface area contributed by atoms with Crippen LogP contribution in [0.15, 0.2) is 24.3 Å². The van der Waals surface area contributed by atoms with Crippen molar-refractivity contribution in [2.24, 2.45) is 5.73 Å². The van der Waals surface area contributed by atoms with Crippen LogP contribution in [0.25, 0.3) is 0 Å². The zero-order chi connectivity index (χ0) is 13.1. The Kier molecular flexibility index (Phi) is 4.12. The maximum Gasteiger partial charge on any atom is 0.119 e. The van der Waals surface area contributed by atoms with Crippen LogP contribution in [0.2, 0.25) is 0 Å². The normalized spacial score (nSPS) is 24.4. The van der Waals surface area contributed by atoms with Gasteiger partial charge in [-0.1, -0.05) is 0 Å². The Morgan fingerprint density at radius 1 is 1.28 bits per heavy atom. The highest BCUT2D eigenvalue weighted by Gasteiger charge is 2.23. The first kappa shape index (κ1) is 13.2. The fourth-order valence-electron chi connectivity index (χ4n) is 2.58. The molecule has 1 heterocycles. The summed E-state index contributed by atoms with van der Waals surface area (Å²) < 4.78 is 5.66. The van der Waals surface area contributed by atoms with Crippen molar-refractivity contribution in [3.05, 3.63) is 24.3 Å². The molecule has 1 aromatic carbocycles. The summed E-state index contributed by atoms with van der Waals surface area (Å²) >= 11 is 0. The van der Waals surface area contributed by atoms with Crippen molar-refractivity contribution >= 4 is 5.69 Å². The maximum absolute atomic E-state index is 6.00. The van der Waals surface area contributed by atoms with Gasteiger partial charge in [-0.3, -0.25) is 0 Å². The number of piperidine rings is 1. The quantitative estimate of drug-likeness (QED) is 0.894. The van der Waals surface area contributed by atoms with Crippen LogP contribution in [0.4, 0.5) is 5.69 Å². The second-order valence-corrected chi connectivity index (χ2v) is 5.49. The lowest BCUT2D eigenvalue weighted by atomic mass is 9.98. The zero-order valence-electron chi connectivity index (χ0n) is 11.6. The van der Waals surface area contributed by atoms with E-state index in [1.807, 2.05) is 13.8 Å². The van der Waals surface area contributed by atoms with Gasteiger partial charge in [0.25, 0.3) is 0 Å². The van der Waals surface area contributed by atoms with Crippen LogP contribution in [0.1, 0.15) is 33.6 Å². The fraction of sp³-hybridized carbons (Fsp3) is 0.600. The second kappa shape index (κ2) is 5.61. The number of nitrogens with zero attached hydrogens (tertiary/aromatic N) is 1. The van der Waals surface area contributed by atoms with Gasteiger partial charge in [0.15, 0.2) is 0 Å². The van der Waals surface area contributed by atoms with E-state index in [1.165, 1.54) is 5.69 Å². The number of ether oxygens (including phenoxy) is 1. The van der Waals surface area contributed by atoms with Gasteiger partial charge in [-0.05, 0) is 57.9 Å². The fourth-order valence-corrected chi connectivity index (χ4v) is 2.58. The Morgan fingerprint density at radius 3 is 2.50 bits per heavy atom. The molecule has 2 unspecified atom stereocenters. The van der Waals surface area contributed by atoms with Crippen LogP contribution in [0.5, 0.6) is 5.75 Å². The van der Waals surface area contributed by atoms with E-state index < -0.39 is 0 Å². The molecule has 0 aliphatic carbocycles. The van der Waals surface area contributed by atoms with Crippen molar-refractivity contribution in [1.82, 2.24) is 0 Å². The number of anilines is 1. The van der Waals surface area contributed by atoms with Crippen molar-refractivity contribution in [2.75, 3.05) is 11.4 Å². The summed E-state index contributed by atoms with van der Waals surface area (Å²) in [4.78, 5) is 2.43. The molecule has 0 bridgehead atoms. The van der Waals surface area contributed by atoms with E-state index in [0.717, 1.165) is 25.1 Å². The average Bonchev–Trinajstić information content (AvgIpc) is 2.30. The van der Waals surface area contributed by atoms with Crippen molar-refractivity contribution in [3.8, 4) is 5.75 Å². The van der Waals surface area contributed by atoms with E-state index in [-0.39, 0.29) is 6.10 Å². The second-order valence-electron chi connectivity index (χ2n) is 5.49. The van der Waals surface area contributed by atoms with E-state index in [0.29, 0.717) is 12.1 Å². The zero-order valence-corrected chi connectivity index (χ0v) is 11.6. The molecule has 2 N–H and O–H groups in total. The van der Waals surface area contributed by atoms with Crippen LogP contribution in [-0.4, -0.2) is 24.7 Å². The summed E-state index contributed by atoms with van der Waals surface area (Å²) in [5.74, 6) is 0.940. The van der Waals surface area contributed by atoms with Crippen LogP contribution in [-0.2, 0) is 0 Å². The lowest BCUT2D eigenvalue weighted by Gasteiger charge is -2.38. The van der Waals surface area contributed by atoms with Gasteiger partial charge in [-0.25, -0.2) is 0 Å². The van der Waals surface area contributed by atoms with E-state index in [2.05, 4.69) is 36.1 Å². The summed E-state index contributed by atoms with van der Waals surface area (Å²) in [6.07, 6.45) is 2.38. The van der Waals surface area contributed by atoms with Crippen LogP contribution in [0.3, 0.4) is 0 Å². The molecule has 2 atom stereocenters. The maximum atomic E-state index is 6.00. The molecule has 100 valence electrons. The number of hydrogen-bond acceptors (Lipinski definition) is 3. The highest BCUT2D eigenvalue weighted by molar-refractivity contribution is 5.50. The van der Waals surface area contributed by atoms with Crippen LogP contribution < -0.4 is 15.4 Å². The largest absolute Gasteiger partial charge is 0.491 e. The Morgan fingerprint density at radius 2 is 1.94 bits per heavy atom. The molecule has 18 heavy (non-hydrogen) atoms. The third-order valence-electron chi connectivity index (χ3n) is 3.46. The monoisotopic (exact) mass is 248 g/mol. The third-order valence-corrected chi connectivity index (χ3v) is 3.46. The van der Waals surface area contributed by atoms with E-state index in [9.17, 15) is 0 Å². The molecular weight excluding hydrogens is 224 g/mol. The first-order chi connectivity index (χ1) is 8.56. The lowest BCUT2D eigenvalue weighted by Crippen LogP contribution is -2.45.